The van der Waals surface area contributed by atoms with Crippen LogP contribution in [0, 0.1) is 17.5 Å². The third-order valence-corrected chi connectivity index (χ3v) is 3.88. The maximum Gasteiger partial charge on any atom is 0.131 e. The number of benzene rings is 2. The molecule has 2 aromatic carbocycles. The van der Waals surface area contributed by atoms with Crippen LogP contribution in [0.4, 0.5) is 13.2 Å². The van der Waals surface area contributed by atoms with Gasteiger partial charge in [-0.1, -0.05) is 18.2 Å². The molecule has 1 aliphatic heterocycles. The fraction of sp³-hybridized carbons (Fsp3) is 0.250. The van der Waals surface area contributed by atoms with E-state index in [1.54, 1.807) is 18.2 Å². The van der Waals surface area contributed by atoms with Crippen molar-refractivity contribution >= 4 is 0 Å². The molecule has 21 heavy (non-hydrogen) atoms. The summed E-state index contributed by atoms with van der Waals surface area (Å²) in [6, 6.07) is 8.27. The summed E-state index contributed by atoms with van der Waals surface area (Å²) in [7, 11) is 0. The van der Waals surface area contributed by atoms with Crippen LogP contribution in [0.15, 0.2) is 36.4 Å². The van der Waals surface area contributed by atoms with Gasteiger partial charge in [0.2, 0.25) is 0 Å². The third kappa shape index (κ3) is 2.54. The van der Waals surface area contributed by atoms with Crippen molar-refractivity contribution in [1.82, 2.24) is 4.90 Å². The normalized spacial score (nSPS) is 18.0. The molecule has 0 amide bonds. The molecular formula is C16H15F3N2. The van der Waals surface area contributed by atoms with Crippen LogP contribution >= 0.6 is 0 Å². The highest BCUT2D eigenvalue weighted by Gasteiger charge is 2.32. The molecule has 2 nitrogen and oxygen atoms in total. The first-order valence-electron chi connectivity index (χ1n) is 6.75. The summed E-state index contributed by atoms with van der Waals surface area (Å²) in [4.78, 5) is 1.87. The Kier molecular flexibility index (Phi) is 3.69. The van der Waals surface area contributed by atoms with Gasteiger partial charge in [0.25, 0.3) is 0 Å². The second-order valence-electron chi connectivity index (χ2n) is 5.21. The van der Waals surface area contributed by atoms with Gasteiger partial charge in [0.1, 0.15) is 17.5 Å². The molecule has 0 saturated carbocycles. The number of hydrogen-bond donors (Lipinski definition) is 1. The van der Waals surface area contributed by atoms with E-state index < -0.39 is 11.6 Å². The van der Waals surface area contributed by atoms with E-state index >= 15 is 0 Å². The van der Waals surface area contributed by atoms with Gasteiger partial charge in [-0.25, -0.2) is 13.2 Å². The van der Waals surface area contributed by atoms with E-state index in [0.29, 0.717) is 29.8 Å². The summed E-state index contributed by atoms with van der Waals surface area (Å²) < 4.78 is 41.1. The molecular weight excluding hydrogens is 277 g/mol. The van der Waals surface area contributed by atoms with Crippen LogP contribution in [-0.4, -0.2) is 11.4 Å². The molecule has 0 saturated heterocycles. The second-order valence-corrected chi connectivity index (χ2v) is 5.21. The van der Waals surface area contributed by atoms with Crippen molar-refractivity contribution in [3.63, 3.8) is 0 Å². The van der Waals surface area contributed by atoms with Gasteiger partial charge in [-0.15, -0.1) is 0 Å². The van der Waals surface area contributed by atoms with Crippen molar-refractivity contribution in [2.24, 2.45) is 5.73 Å². The molecule has 0 aromatic heterocycles. The SMILES string of the molecule is NCC1c2c(F)cc(F)cc2CN1Cc1ccccc1F. The average molecular weight is 292 g/mol. The first-order chi connectivity index (χ1) is 10.1. The Bertz CT molecular complexity index is 673. The largest absolute Gasteiger partial charge is 0.329 e. The Labute approximate surface area is 121 Å². The first kappa shape index (κ1) is 14.1. The zero-order valence-corrected chi connectivity index (χ0v) is 11.3. The van der Waals surface area contributed by atoms with Gasteiger partial charge in [0.05, 0.1) is 6.04 Å². The average Bonchev–Trinajstić information content (AvgIpc) is 2.78. The summed E-state index contributed by atoms with van der Waals surface area (Å²) in [6.07, 6.45) is 0. The minimum absolute atomic E-state index is 0.198. The van der Waals surface area contributed by atoms with Gasteiger partial charge in [-0.2, -0.15) is 0 Å². The molecule has 1 unspecified atom stereocenters. The van der Waals surface area contributed by atoms with Crippen molar-refractivity contribution in [1.29, 1.82) is 0 Å². The van der Waals surface area contributed by atoms with Crippen molar-refractivity contribution in [2.75, 3.05) is 6.54 Å². The van der Waals surface area contributed by atoms with Gasteiger partial charge in [-0.3, -0.25) is 4.90 Å². The molecule has 0 fully saturated rings. The minimum atomic E-state index is -0.602. The quantitative estimate of drug-likeness (QED) is 0.942. The van der Waals surface area contributed by atoms with E-state index in [9.17, 15) is 13.2 Å². The molecule has 2 aromatic rings. The van der Waals surface area contributed by atoms with Crippen LogP contribution in [0.25, 0.3) is 0 Å². The van der Waals surface area contributed by atoms with E-state index in [2.05, 4.69) is 0 Å². The maximum absolute atomic E-state index is 14.0. The molecule has 1 aliphatic rings. The Morgan fingerprint density at radius 1 is 1.10 bits per heavy atom. The van der Waals surface area contributed by atoms with E-state index in [1.165, 1.54) is 12.1 Å². The van der Waals surface area contributed by atoms with Gasteiger partial charge in [0, 0.05) is 36.8 Å². The molecule has 3 rings (SSSR count). The van der Waals surface area contributed by atoms with Crippen molar-refractivity contribution in [3.8, 4) is 0 Å². The summed E-state index contributed by atoms with van der Waals surface area (Å²) in [5.41, 5.74) is 7.27. The monoisotopic (exact) mass is 292 g/mol. The van der Waals surface area contributed by atoms with Crippen LogP contribution in [0.5, 0.6) is 0 Å². The molecule has 0 radical (unpaired) electrons. The highest BCUT2D eigenvalue weighted by molar-refractivity contribution is 5.36. The molecule has 0 aliphatic carbocycles. The summed E-state index contributed by atoms with van der Waals surface area (Å²) in [6.45, 7) is 0.870. The van der Waals surface area contributed by atoms with Crippen molar-refractivity contribution in [2.45, 2.75) is 19.1 Å². The number of fused-ring (bicyclic) bond motifs is 1. The lowest BCUT2D eigenvalue weighted by Gasteiger charge is -2.24. The molecule has 1 heterocycles. The van der Waals surface area contributed by atoms with E-state index in [1.807, 2.05) is 4.90 Å². The molecule has 5 heteroatoms. The Morgan fingerprint density at radius 3 is 2.57 bits per heavy atom. The first-order valence-corrected chi connectivity index (χ1v) is 6.75. The Morgan fingerprint density at radius 2 is 1.86 bits per heavy atom. The Hall–Kier alpha value is -1.85. The van der Waals surface area contributed by atoms with Crippen LogP contribution in [-0.2, 0) is 13.1 Å². The van der Waals surface area contributed by atoms with Crippen LogP contribution in [0.1, 0.15) is 22.7 Å². The summed E-state index contributed by atoms with van der Waals surface area (Å²) >= 11 is 0. The lowest BCUT2D eigenvalue weighted by Crippen LogP contribution is -2.28. The summed E-state index contributed by atoms with van der Waals surface area (Å²) in [5.74, 6) is -1.50. The predicted molar refractivity (Wildman–Crippen MR) is 73.8 cm³/mol. The topological polar surface area (TPSA) is 29.3 Å². The van der Waals surface area contributed by atoms with Crippen LogP contribution < -0.4 is 5.73 Å². The standard InChI is InChI=1S/C16H15F3N2/c17-12-5-11-9-21(8-10-3-1-2-4-13(10)18)15(7-20)16(11)14(19)6-12/h1-6,15H,7-9,20H2. The van der Waals surface area contributed by atoms with E-state index in [-0.39, 0.29) is 18.4 Å². The van der Waals surface area contributed by atoms with Gasteiger partial charge >= 0.3 is 0 Å². The van der Waals surface area contributed by atoms with Gasteiger partial charge < -0.3 is 5.73 Å². The molecule has 0 spiro atoms. The number of nitrogens with two attached hydrogens (primary N) is 1. The number of halogens is 3. The smallest absolute Gasteiger partial charge is 0.131 e. The third-order valence-electron chi connectivity index (χ3n) is 3.88. The minimum Gasteiger partial charge on any atom is -0.329 e. The fourth-order valence-corrected chi connectivity index (χ4v) is 2.93. The fourth-order valence-electron chi connectivity index (χ4n) is 2.93. The number of hydrogen-bond acceptors (Lipinski definition) is 2. The molecule has 2 N–H and O–H groups in total. The molecule has 1 atom stereocenters. The zero-order valence-electron chi connectivity index (χ0n) is 11.3. The van der Waals surface area contributed by atoms with Gasteiger partial charge in [-0.05, 0) is 17.7 Å². The molecule has 110 valence electrons. The van der Waals surface area contributed by atoms with Crippen LogP contribution in [0.3, 0.4) is 0 Å². The number of nitrogens with zero attached hydrogens (tertiary/aromatic N) is 1. The summed E-state index contributed by atoms with van der Waals surface area (Å²) in [5, 5.41) is 0. The second kappa shape index (κ2) is 5.50. The van der Waals surface area contributed by atoms with E-state index in [4.69, 9.17) is 5.73 Å². The maximum atomic E-state index is 14.0. The van der Waals surface area contributed by atoms with Gasteiger partial charge in [0.15, 0.2) is 0 Å². The lowest BCUT2D eigenvalue weighted by atomic mass is 10.0. The van der Waals surface area contributed by atoms with E-state index in [0.717, 1.165) is 6.07 Å². The van der Waals surface area contributed by atoms with Crippen molar-refractivity contribution in [3.05, 3.63) is 70.5 Å². The lowest BCUT2D eigenvalue weighted by molar-refractivity contribution is 0.206. The number of rotatable bonds is 3. The van der Waals surface area contributed by atoms with Crippen molar-refractivity contribution < 1.29 is 13.2 Å². The Balaban J connectivity index is 1.92. The molecule has 0 bridgehead atoms. The zero-order chi connectivity index (χ0) is 15.0. The van der Waals surface area contributed by atoms with Crippen LogP contribution in [0.2, 0.25) is 0 Å². The highest BCUT2D eigenvalue weighted by atomic mass is 19.1. The predicted octanol–water partition coefficient (Wildman–Crippen LogP) is 3.12. The highest BCUT2D eigenvalue weighted by Crippen LogP contribution is 2.36.